The van der Waals surface area contributed by atoms with Crippen molar-refractivity contribution in [3.05, 3.63) is 66.0 Å². The Balaban J connectivity index is 1.19. The molecule has 0 amide bonds. The van der Waals surface area contributed by atoms with Gasteiger partial charge in [0.25, 0.3) is 0 Å². The number of benzene rings is 2. The standard InChI is InChI=1S/C22H25F3N6O/c23-22(24,25)32-20-10-8-18(9-11-20)17-30-15-13-29(14-16-30)12-4-7-21-26-27-28-31(21)19-5-2-1-3-6-19/h1-3,5-6,8-11H,4,7,12-17H2. The Kier molecular flexibility index (Phi) is 7.01. The van der Waals surface area contributed by atoms with Gasteiger partial charge in [0.15, 0.2) is 5.82 Å². The number of para-hydroxylation sites is 1. The molecule has 2 heterocycles. The summed E-state index contributed by atoms with van der Waals surface area (Å²) >= 11 is 0. The Morgan fingerprint density at radius 3 is 2.25 bits per heavy atom. The fourth-order valence-electron chi connectivity index (χ4n) is 3.82. The van der Waals surface area contributed by atoms with E-state index < -0.39 is 6.36 Å². The second-order valence-electron chi connectivity index (χ2n) is 7.76. The number of ether oxygens (including phenoxy) is 1. The van der Waals surface area contributed by atoms with Crippen molar-refractivity contribution < 1.29 is 17.9 Å². The molecule has 0 saturated carbocycles. The molecule has 2 aromatic carbocycles. The third-order valence-electron chi connectivity index (χ3n) is 5.44. The van der Waals surface area contributed by atoms with Crippen molar-refractivity contribution in [1.82, 2.24) is 30.0 Å². The van der Waals surface area contributed by atoms with Crippen molar-refractivity contribution in [1.29, 1.82) is 0 Å². The number of alkyl halides is 3. The average Bonchev–Trinajstić information content (AvgIpc) is 3.24. The topological polar surface area (TPSA) is 59.3 Å². The maximum absolute atomic E-state index is 12.3. The minimum atomic E-state index is -4.66. The van der Waals surface area contributed by atoms with Crippen LogP contribution in [0.2, 0.25) is 0 Å². The van der Waals surface area contributed by atoms with Crippen molar-refractivity contribution in [3.63, 3.8) is 0 Å². The van der Waals surface area contributed by atoms with Crippen LogP contribution in [0.25, 0.3) is 5.69 Å². The number of aryl methyl sites for hydroxylation is 1. The van der Waals surface area contributed by atoms with Gasteiger partial charge in [0.05, 0.1) is 5.69 Å². The quantitative estimate of drug-likeness (QED) is 0.529. The molecule has 1 saturated heterocycles. The summed E-state index contributed by atoms with van der Waals surface area (Å²) in [5, 5.41) is 12.1. The molecule has 10 heteroatoms. The molecule has 3 aromatic rings. The average molecular weight is 446 g/mol. The molecule has 1 aromatic heterocycles. The predicted octanol–water partition coefficient (Wildman–Crippen LogP) is 3.31. The lowest BCUT2D eigenvalue weighted by Crippen LogP contribution is -2.46. The summed E-state index contributed by atoms with van der Waals surface area (Å²) in [7, 11) is 0. The molecule has 0 bridgehead atoms. The van der Waals surface area contributed by atoms with Crippen LogP contribution in [0.3, 0.4) is 0 Å². The van der Waals surface area contributed by atoms with E-state index in [2.05, 4.69) is 30.1 Å². The summed E-state index contributed by atoms with van der Waals surface area (Å²) in [6.07, 6.45) is -2.89. The molecule has 0 radical (unpaired) electrons. The van der Waals surface area contributed by atoms with E-state index in [4.69, 9.17) is 0 Å². The molecule has 0 unspecified atom stereocenters. The monoisotopic (exact) mass is 446 g/mol. The van der Waals surface area contributed by atoms with Crippen LogP contribution in [0.4, 0.5) is 13.2 Å². The number of hydrogen-bond acceptors (Lipinski definition) is 6. The first-order chi connectivity index (χ1) is 15.5. The summed E-state index contributed by atoms with van der Waals surface area (Å²) in [5.41, 5.74) is 1.93. The third-order valence-corrected chi connectivity index (χ3v) is 5.44. The maximum atomic E-state index is 12.3. The van der Waals surface area contributed by atoms with Crippen molar-refractivity contribution in [2.45, 2.75) is 25.7 Å². The van der Waals surface area contributed by atoms with Gasteiger partial charge in [0, 0.05) is 39.1 Å². The zero-order valence-corrected chi connectivity index (χ0v) is 17.6. The Morgan fingerprint density at radius 1 is 0.875 bits per heavy atom. The number of rotatable bonds is 8. The maximum Gasteiger partial charge on any atom is 0.573 e. The van der Waals surface area contributed by atoms with Gasteiger partial charge < -0.3 is 9.64 Å². The first-order valence-corrected chi connectivity index (χ1v) is 10.6. The van der Waals surface area contributed by atoms with Crippen LogP contribution >= 0.6 is 0 Å². The Bertz CT molecular complexity index is 969. The van der Waals surface area contributed by atoms with E-state index in [1.165, 1.54) is 12.1 Å². The minimum absolute atomic E-state index is 0.190. The number of piperazine rings is 1. The van der Waals surface area contributed by atoms with Gasteiger partial charge in [-0.3, -0.25) is 4.90 Å². The van der Waals surface area contributed by atoms with Crippen molar-refractivity contribution in [3.8, 4) is 11.4 Å². The number of aromatic nitrogens is 4. The molecule has 1 fully saturated rings. The zero-order chi connectivity index (χ0) is 22.4. The minimum Gasteiger partial charge on any atom is -0.406 e. The van der Waals surface area contributed by atoms with Crippen LogP contribution in [0.5, 0.6) is 5.75 Å². The summed E-state index contributed by atoms with van der Waals surface area (Å²) in [4.78, 5) is 4.74. The van der Waals surface area contributed by atoms with Crippen LogP contribution in [-0.2, 0) is 13.0 Å². The van der Waals surface area contributed by atoms with Gasteiger partial charge in [-0.1, -0.05) is 30.3 Å². The number of hydrogen-bond donors (Lipinski definition) is 0. The smallest absolute Gasteiger partial charge is 0.406 e. The zero-order valence-electron chi connectivity index (χ0n) is 17.6. The Labute approximate surface area is 184 Å². The van der Waals surface area contributed by atoms with Gasteiger partial charge >= 0.3 is 6.36 Å². The first-order valence-electron chi connectivity index (χ1n) is 10.6. The van der Waals surface area contributed by atoms with Gasteiger partial charge in [0.2, 0.25) is 0 Å². The second kappa shape index (κ2) is 10.1. The van der Waals surface area contributed by atoms with Crippen LogP contribution in [0, 0.1) is 0 Å². The Morgan fingerprint density at radius 2 is 1.56 bits per heavy atom. The van der Waals surface area contributed by atoms with Gasteiger partial charge in [-0.25, -0.2) is 0 Å². The summed E-state index contributed by atoms with van der Waals surface area (Å²) in [6.45, 7) is 5.44. The van der Waals surface area contributed by atoms with E-state index in [0.29, 0.717) is 6.54 Å². The molecule has 32 heavy (non-hydrogen) atoms. The molecule has 1 aliphatic rings. The summed E-state index contributed by atoms with van der Waals surface area (Å²) in [5.74, 6) is 0.664. The largest absolute Gasteiger partial charge is 0.573 e. The van der Waals surface area contributed by atoms with Crippen LogP contribution in [0.1, 0.15) is 17.8 Å². The lowest BCUT2D eigenvalue weighted by Gasteiger charge is -2.34. The van der Waals surface area contributed by atoms with Crippen molar-refractivity contribution in [2.75, 3.05) is 32.7 Å². The van der Waals surface area contributed by atoms with Crippen LogP contribution < -0.4 is 4.74 Å². The number of tetrazole rings is 1. The van der Waals surface area contributed by atoms with Gasteiger partial charge in [-0.2, -0.15) is 4.68 Å². The predicted molar refractivity (Wildman–Crippen MR) is 112 cm³/mol. The van der Waals surface area contributed by atoms with Crippen LogP contribution in [0.15, 0.2) is 54.6 Å². The molecule has 0 aliphatic carbocycles. The van der Waals surface area contributed by atoms with E-state index in [-0.39, 0.29) is 5.75 Å². The van der Waals surface area contributed by atoms with E-state index in [9.17, 15) is 13.2 Å². The van der Waals surface area contributed by atoms with Gasteiger partial charge in [-0.15, -0.1) is 18.3 Å². The number of nitrogens with zero attached hydrogens (tertiary/aromatic N) is 6. The lowest BCUT2D eigenvalue weighted by atomic mass is 10.2. The molecule has 7 nitrogen and oxygen atoms in total. The molecule has 0 spiro atoms. The third kappa shape index (κ3) is 6.27. The summed E-state index contributed by atoms with van der Waals surface area (Å²) < 4.78 is 42.5. The molecule has 0 atom stereocenters. The normalized spacial score (nSPS) is 15.7. The molecule has 170 valence electrons. The SMILES string of the molecule is FC(F)(F)Oc1ccc(CN2CCN(CCCc3nnnn3-c3ccccc3)CC2)cc1. The molecular weight excluding hydrogens is 421 g/mol. The number of halogens is 3. The van der Waals surface area contributed by atoms with E-state index in [0.717, 1.165) is 62.6 Å². The first kappa shape index (κ1) is 22.2. The Hall–Kier alpha value is -2.98. The lowest BCUT2D eigenvalue weighted by molar-refractivity contribution is -0.274. The van der Waals surface area contributed by atoms with Crippen molar-refractivity contribution >= 4 is 0 Å². The molecule has 4 rings (SSSR count). The molecule has 0 N–H and O–H groups in total. The highest BCUT2D eigenvalue weighted by Gasteiger charge is 2.31. The highest BCUT2D eigenvalue weighted by atomic mass is 19.4. The van der Waals surface area contributed by atoms with Gasteiger partial charge in [0.1, 0.15) is 5.75 Å². The van der Waals surface area contributed by atoms with E-state index >= 15 is 0 Å². The summed E-state index contributed by atoms with van der Waals surface area (Å²) in [6, 6.07) is 15.9. The highest BCUT2D eigenvalue weighted by molar-refractivity contribution is 5.30. The fourth-order valence-corrected chi connectivity index (χ4v) is 3.82. The van der Waals surface area contributed by atoms with E-state index in [1.54, 1.807) is 16.8 Å². The van der Waals surface area contributed by atoms with Crippen LogP contribution in [-0.4, -0.2) is 69.1 Å². The second-order valence-corrected chi connectivity index (χ2v) is 7.76. The van der Waals surface area contributed by atoms with Crippen molar-refractivity contribution in [2.24, 2.45) is 0 Å². The van der Waals surface area contributed by atoms with E-state index in [1.807, 2.05) is 30.3 Å². The molecular formula is C22H25F3N6O. The molecule has 1 aliphatic heterocycles. The fraction of sp³-hybridized carbons (Fsp3) is 0.409. The van der Waals surface area contributed by atoms with Gasteiger partial charge in [-0.05, 0) is 53.2 Å². The highest BCUT2D eigenvalue weighted by Crippen LogP contribution is 2.23.